The highest BCUT2D eigenvalue weighted by molar-refractivity contribution is 9.10. The zero-order chi connectivity index (χ0) is 14.7. The molecule has 0 amide bonds. The summed E-state index contributed by atoms with van der Waals surface area (Å²) >= 11 is 14.8. The molecule has 6 heteroatoms. The molecule has 0 spiro atoms. The minimum Gasteiger partial charge on any atom is -0.329 e. The molecule has 1 heterocycles. The molecule has 2 N–H and O–H groups in total. The number of nitrogens with zero attached hydrogens (tertiary/aromatic N) is 1. The van der Waals surface area contributed by atoms with Crippen molar-refractivity contribution in [2.75, 3.05) is 13.6 Å². The van der Waals surface area contributed by atoms with E-state index in [0.717, 1.165) is 26.1 Å². The van der Waals surface area contributed by atoms with Crippen molar-refractivity contribution in [1.82, 2.24) is 4.90 Å². The van der Waals surface area contributed by atoms with Gasteiger partial charge in [-0.15, -0.1) is 11.3 Å². The summed E-state index contributed by atoms with van der Waals surface area (Å²) in [4.78, 5) is 3.56. The van der Waals surface area contributed by atoms with Gasteiger partial charge in [0.1, 0.15) is 0 Å². The van der Waals surface area contributed by atoms with Crippen LogP contribution in [0.25, 0.3) is 0 Å². The van der Waals surface area contributed by atoms with E-state index in [1.165, 1.54) is 4.88 Å². The molecule has 0 aliphatic carbocycles. The fourth-order valence-corrected chi connectivity index (χ4v) is 4.57. The predicted molar refractivity (Wildman–Crippen MR) is 94.4 cm³/mol. The normalized spacial score (nSPS) is 12.9. The Bertz CT molecular complexity index is 588. The summed E-state index contributed by atoms with van der Waals surface area (Å²) in [6.45, 7) is 1.43. The lowest BCUT2D eigenvalue weighted by atomic mass is 10.1. The topological polar surface area (TPSA) is 29.3 Å². The Hall–Kier alpha value is 0.0900. The van der Waals surface area contributed by atoms with E-state index in [2.05, 4.69) is 55.3 Å². The first-order valence-corrected chi connectivity index (χ1v) is 8.93. The Morgan fingerprint density at radius 2 is 2.10 bits per heavy atom. The third-order valence-corrected chi connectivity index (χ3v) is 5.71. The second-order valence-electron chi connectivity index (χ2n) is 4.56. The largest absolute Gasteiger partial charge is 0.329 e. The van der Waals surface area contributed by atoms with Gasteiger partial charge in [-0.3, -0.25) is 4.90 Å². The first kappa shape index (κ1) is 16.5. The molecule has 1 aromatic heterocycles. The monoisotopic (exact) mass is 436 g/mol. The first-order valence-electron chi connectivity index (χ1n) is 6.09. The van der Waals surface area contributed by atoms with Crippen LogP contribution in [-0.2, 0) is 6.54 Å². The van der Waals surface area contributed by atoms with Gasteiger partial charge in [-0.2, -0.15) is 0 Å². The highest BCUT2D eigenvalue weighted by atomic mass is 79.9. The smallest absolute Gasteiger partial charge is 0.0482 e. The Kier molecular flexibility index (Phi) is 6.08. The van der Waals surface area contributed by atoms with Gasteiger partial charge in [0.2, 0.25) is 0 Å². The van der Waals surface area contributed by atoms with E-state index < -0.39 is 0 Å². The van der Waals surface area contributed by atoms with Crippen molar-refractivity contribution in [3.63, 3.8) is 0 Å². The van der Waals surface area contributed by atoms with Crippen molar-refractivity contribution in [1.29, 1.82) is 0 Å². The SMILES string of the molecule is CN(Cc1cc(Br)cs1)C(CN)c1ccc(Cl)cc1Br. The zero-order valence-electron chi connectivity index (χ0n) is 10.9. The summed E-state index contributed by atoms with van der Waals surface area (Å²) in [5.41, 5.74) is 7.13. The van der Waals surface area contributed by atoms with Crippen LogP contribution in [0, 0.1) is 0 Å². The molecular weight excluding hydrogens is 423 g/mol. The number of likely N-dealkylation sites (N-methyl/N-ethyl adjacent to an activating group) is 1. The van der Waals surface area contributed by atoms with Crippen LogP contribution < -0.4 is 5.73 Å². The number of nitrogens with two attached hydrogens (primary N) is 1. The van der Waals surface area contributed by atoms with E-state index in [4.69, 9.17) is 17.3 Å². The second kappa shape index (κ2) is 7.38. The molecule has 0 aliphatic rings. The molecule has 0 fully saturated rings. The van der Waals surface area contributed by atoms with Crippen molar-refractivity contribution >= 4 is 54.8 Å². The summed E-state index contributed by atoms with van der Waals surface area (Å²) in [6, 6.07) is 8.15. The molecule has 20 heavy (non-hydrogen) atoms. The number of benzene rings is 1. The van der Waals surface area contributed by atoms with E-state index in [9.17, 15) is 0 Å². The number of thiophene rings is 1. The van der Waals surface area contributed by atoms with Crippen molar-refractivity contribution in [3.05, 3.63) is 54.1 Å². The standard InChI is InChI=1S/C14H15Br2ClN2S/c1-19(7-11-4-9(15)8-20-11)14(6-18)12-3-2-10(17)5-13(12)16/h2-5,8,14H,6-7,18H2,1H3. The number of hydrogen-bond acceptors (Lipinski definition) is 3. The van der Waals surface area contributed by atoms with Crippen molar-refractivity contribution < 1.29 is 0 Å². The molecule has 0 aliphatic heterocycles. The molecule has 0 radical (unpaired) electrons. The number of rotatable bonds is 5. The summed E-state index contributed by atoms with van der Waals surface area (Å²) in [5, 5.41) is 2.82. The van der Waals surface area contributed by atoms with E-state index in [0.29, 0.717) is 6.54 Å². The van der Waals surface area contributed by atoms with Crippen LogP contribution in [0.3, 0.4) is 0 Å². The van der Waals surface area contributed by atoms with Gasteiger partial charge in [0.25, 0.3) is 0 Å². The van der Waals surface area contributed by atoms with Gasteiger partial charge < -0.3 is 5.73 Å². The van der Waals surface area contributed by atoms with Gasteiger partial charge in [-0.25, -0.2) is 0 Å². The molecule has 1 aromatic carbocycles. The average molecular weight is 439 g/mol. The molecule has 2 nitrogen and oxygen atoms in total. The zero-order valence-corrected chi connectivity index (χ0v) is 15.7. The fourth-order valence-electron chi connectivity index (χ4n) is 2.11. The first-order chi connectivity index (χ1) is 9.51. The van der Waals surface area contributed by atoms with Crippen molar-refractivity contribution in [2.24, 2.45) is 5.73 Å². The van der Waals surface area contributed by atoms with Crippen LogP contribution in [0.2, 0.25) is 5.02 Å². The van der Waals surface area contributed by atoms with Crippen molar-refractivity contribution in [3.8, 4) is 0 Å². The molecule has 2 rings (SSSR count). The Morgan fingerprint density at radius 3 is 2.65 bits per heavy atom. The number of halogens is 3. The molecule has 0 saturated carbocycles. The molecular formula is C14H15Br2ClN2S. The lowest BCUT2D eigenvalue weighted by Gasteiger charge is -2.27. The summed E-state index contributed by atoms with van der Waals surface area (Å²) in [7, 11) is 2.09. The highest BCUT2D eigenvalue weighted by Crippen LogP contribution is 2.31. The van der Waals surface area contributed by atoms with Gasteiger partial charge in [-0.1, -0.05) is 33.6 Å². The van der Waals surface area contributed by atoms with Crippen LogP contribution in [0.15, 0.2) is 38.6 Å². The average Bonchev–Trinajstić information content (AvgIpc) is 2.78. The van der Waals surface area contributed by atoms with Crippen LogP contribution in [0.1, 0.15) is 16.5 Å². The lowest BCUT2D eigenvalue weighted by molar-refractivity contribution is 0.243. The van der Waals surface area contributed by atoms with Crippen LogP contribution in [-0.4, -0.2) is 18.5 Å². The molecule has 108 valence electrons. The Balaban J connectivity index is 2.18. The van der Waals surface area contributed by atoms with Gasteiger partial charge in [0, 0.05) is 43.4 Å². The maximum atomic E-state index is 6.00. The molecule has 2 aromatic rings. The van der Waals surface area contributed by atoms with Crippen LogP contribution >= 0.6 is 54.8 Å². The highest BCUT2D eigenvalue weighted by Gasteiger charge is 2.18. The quantitative estimate of drug-likeness (QED) is 0.707. The maximum absolute atomic E-state index is 6.00. The van der Waals surface area contributed by atoms with Gasteiger partial charge in [0.15, 0.2) is 0 Å². The van der Waals surface area contributed by atoms with Gasteiger partial charge in [0.05, 0.1) is 0 Å². The third-order valence-electron chi connectivity index (χ3n) is 3.10. The predicted octanol–water partition coefficient (Wildman–Crippen LogP) is 5.06. The lowest BCUT2D eigenvalue weighted by Crippen LogP contribution is -2.30. The van der Waals surface area contributed by atoms with Crippen molar-refractivity contribution in [2.45, 2.75) is 12.6 Å². The van der Waals surface area contributed by atoms with E-state index in [1.807, 2.05) is 18.2 Å². The van der Waals surface area contributed by atoms with Crippen LogP contribution in [0.5, 0.6) is 0 Å². The minimum atomic E-state index is 0.155. The van der Waals surface area contributed by atoms with E-state index in [1.54, 1.807) is 11.3 Å². The molecule has 0 bridgehead atoms. The number of hydrogen-bond donors (Lipinski definition) is 1. The third kappa shape index (κ3) is 4.06. The van der Waals surface area contributed by atoms with Gasteiger partial charge in [-0.05, 0) is 46.7 Å². The minimum absolute atomic E-state index is 0.155. The van der Waals surface area contributed by atoms with Crippen LogP contribution in [0.4, 0.5) is 0 Å². The summed E-state index contributed by atoms with van der Waals surface area (Å²) < 4.78 is 2.13. The van der Waals surface area contributed by atoms with E-state index >= 15 is 0 Å². The summed E-state index contributed by atoms with van der Waals surface area (Å²) in [5.74, 6) is 0. The molecule has 1 unspecified atom stereocenters. The maximum Gasteiger partial charge on any atom is 0.0482 e. The Morgan fingerprint density at radius 1 is 1.35 bits per heavy atom. The second-order valence-corrected chi connectivity index (χ2v) is 7.77. The molecule has 1 atom stereocenters. The van der Waals surface area contributed by atoms with Gasteiger partial charge >= 0.3 is 0 Å². The molecule has 0 saturated heterocycles. The summed E-state index contributed by atoms with van der Waals surface area (Å²) in [6.07, 6.45) is 0. The fraction of sp³-hybridized carbons (Fsp3) is 0.286. The van der Waals surface area contributed by atoms with E-state index in [-0.39, 0.29) is 6.04 Å². The Labute approximate surface area is 145 Å².